The topological polar surface area (TPSA) is 25.0 Å². The fraction of sp³-hybridized carbons (Fsp3) is 0.0909. The van der Waals surface area contributed by atoms with Gasteiger partial charge >= 0.3 is 0 Å². The van der Waals surface area contributed by atoms with Crippen molar-refractivity contribution >= 4 is 10.9 Å². The first-order valence-corrected chi connectivity index (χ1v) is 3.85. The molecule has 66 valence electrons. The van der Waals surface area contributed by atoms with Crippen LogP contribution in [-0.4, -0.2) is 12.1 Å². The molecule has 0 aliphatic heterocycles. The van der Waals surface area contributed by atoms with Gasteiger partial charge in [0.15, 0.2) is 0 Å². The van der Waals surface area contributed by atoms with E-state index in [9.17, 15) is 0 Å². The molecule has 0 aliphatic carbocycles. The monoisotopic (exact) mass is 173 g/mol. The molecule has 0 bridgehead atoms. The minimum atomic E-state index is 0.920. The van der Waals surface area contributed by atoms with E-state index in [1.165, 1.54) is 0 Å². The first kappa shape index (κ1) is 9.21. The number of rotatable bonds is 1. The van der Waals surface area contributed by atoms with Crippen LogP contribution >= 0.6 is 0 Å². The summed E-state index contributed by atoms with van der Waals surface area (Å²) in [5.41, 5.74) is 1.12. The van der Waals surface area contributed by atoms with E-state index in [0.29, 0.717) is 0 Å². The lowest BCUT2D eigenvalue weighted by atomic mass is 10.2. The molecule has 0 aliphatic rings. The summed E-state index contributed by atoms with van der Waals surface area (Å²) in [4.78, 5) is 3.11. The van der Waals surface area contributed by atoms with Crippen LogP contribution < -0.4 is 4.74 Å². The van der Waals surface area contributed by atoms with Crippen LogP contribution in [0.2, 0.25) is 0 Å². The van der Waals surface area contributed by atoms with Gasteiger partial charge in [-0.25, -0.2) is 0 Å². The predicted molar refractivity (Wildman–Crippen MR) is 54.7 cm³/mol. The largest absolute Gasteiger partial charge is 0.496 e. The average Bonchev–Trinajstić information content (AvgIpc) is 2.68. The summed E-state index contributed by atoms with van der Waals surface area (Å²) in [6, 6.07) is 7.96. The number of aromatic amines is 1. The molecule has 2 aromatic rings. The summed E-state index contributed by atoms with van der Waals surface area (Å²) in [5, 5.41) is 1.13. The van der Waals surface area contributed by atoms with Crippen LogP contribution in [0.5, 0.6) is 5.75 Å². The van der Waals surface area contributed by atoms with Gasteiger partial charge in [-0.3, -0.25) is 0 Å². The Morgan fingerprint density at radius 2 is 2.00 bits per heavy atom. The Morgan fingerprint density at radius 3 is 2.69 bits per heavy atom. The van der Waals surface area contributed by atoms with E-state index in [4.69, 9.17) is 4.74 Å². The summed E-state index contributed by atoms with van der Waals surface area (Å²) in [6.07, 6.45) is 9.91. The maximum Gasteiger partial charge on any atom is 0.128 e. The van der Waals surface area contributed by atoms with Gasteiger partial charge in [0.2, 0.25) is 0 Å². The smallest absolute Gasteiger partial charge is 0.128 e. The lowest BCUT2D eigenvalue weighted by Gasteiger charge is -1.99. The molecule has 13 heavy (non-hydrogen) atoms. The SMILES string of the molecule is C#C.COc1cccc2[nH]ccc12. The van der Waals surface area contributed by atoms with Gasteiger partial charge in [-0.1, -0.05) is 6.07 Å². The van der Waals surface area contributed by atoms with Crippen LogP contribution in [0, 0.1) is 12.8 Å². The van der Waals surface area contributed by atoms with E-state index in [2.05, 4.69) is 17.8 Å². The standard InChI is InChI=1S/C9H9NO.C2H2/c1-11-9-4-2-3-8-7(9)5-6-10-8;1-2/h2-6,10H,1H3;1-2H. The van der Waals surface area contributed by atoms with Gasteiger partial charge in [0.25, 0.3) is 0 Å². The molecule has 0 radical (unpaired) electrons. The Hall–Kier alpha value is -1.88. The third-order valence-electron chi connectivity index (χ3n) is 1.77. The number of H-pyrrole nitrogens is 1. The van der Waals surface area contributed by atoms with E-state index in [0.717, 1.165) is 16.7 Å². The van der Waals surface area contributed by atoms with E-state index in [-0.39, 0.29) is 0 Å². The van der Waals surface area contributed by atoms with Crippen molar-refractivity contribution in [2.45, 2.75) is 0 Å². The lowest BCUT2D eigenvalue weighted by molar-refractivity contribution is 0.420. The highest BCUT2D eigenvalue weighted by molar-refractivity contribution is 5.85. The molecule has 0 atom stereocenters. The molecule has 0 spiro atoms. The molecule has 2 nitrogen and oxygen atoms in total. The van der Waals surface area contributed by atoms with E-state index < -0.39 is 0 Å². The first-order valence-electron chi connectivity index (χ1n) is 3.85. The molecule has 2 rings (SSSR count). The van der Waals surface area contributed by atoms with Crippen molar-refractivity contribution in [3.63, 3.8) is 0 Å². The number of terminal acetylenes is 1. The molecule has 0 saturated heterocycles. The summed E-state index contributed by atoms with van der Waals surface area (Å²) in [6.45, 7) is 0. The molecule has 1 aromatic carbocycles. The van der Waals surface area contributed by atoms with Crippen molar-refractivity contribution in [1.29, 1.82) is 0 Å². The fourth-order valence-electron chi connectivity index (χ4n) is 1.23. The van der Waals surface area contributed by atoms with Gasteiger partial charge < -0.3 is 9.72 Å². The lowest BCUT2D eigenvalue weighted by Crippen LogP contribution is -1.81. The molecule has 0 saturated carbocycles. The van der Waals surface area contributed by atoms with Gasteiger partial charge in [0.1, 0.15) is 5.75 Å². The Morgan fingerprint density at radius 1 is 1.23 bits per heavy atom. The molecule has 0 fully saturated rings. The van der Waals surface area contributed by atoms with E-state index in [1.54, 1.807) is 7.11 Å². The van der Waals surface area contributed by atoms with Gasteiger partial charge in [-0.05, 0) is 18.2 Å². The maximum atomic E-state index is 5.17. The second kappa shape index (κ2) is 4.22. The van der Waals surface area contributed by atoms with Crippen LogP contribution in [-0.2, 0) is 0 Å². The quantitative estimate of drug-likeness (QED) is 0.658. The van der Waals surface area contributed by atoms with Gasteiger partial charge in [-0.15, -0.1) is 12.8 Å². The van der Waals surface area contributed by atoms with Crippen LogP contribution in [0.15, 0.2) is 30.5 Å². The summed E-state index contributed by atoms with van der Waals surface area (Å²) in [7, 11) is 1.68. The molecule has 2 heteroatoms. The van der Waals surface area contributed by atoms with Crippen molar-refractivity contribution in [2.24, 2.45) is 0 Å². The summed E-state index contributed by atoms with van der Waals surface area (Å²) in [5.74, 6) is 0.920. The van der Waals surface area contributed by atoms with Crippen molar-refractivity contribution in [1.82, 2.24) is 4.98 Å². The highest BCUT2D eigenvalue weighted by atomic mass is 16.5. The van der Waals surface area contributed by atoms with Crippen molar-refractivity contribution < 1.29 is 4.74 Å². The Labute approximate surface area is 77.5 Å². The second-order valence-electron chi connectivity index (χ2n) is 2.40. The van der Waals surface area contributed by atoms with Crippen molar-refractivity contribution in [2.75, 3.05) is 7.11 Å². The van der Waals surface area contributed by atoms with Gasteiger partial charge in [0.05, 0.1) is 7.11 Å². The van der Waals surface area contributed by atoms with Gasteiger partial charge in [0, 0.05) is 17.1 Å². The van der Waals surface area contributed by atoms with Crippen molar-refractivity contribution in [3.05, 3.63) is 30.5 Å². The van der Waals surface area contributed by atoms with Crippen LogP contribution in [0.1, 0.15) is 0 Å². The number of hydrogen-bond acceptors (Lipinski definition) is 1. The average molecular weight is 173 g/mol. The number of hydrogen-bond donors (Lipinski definition) is 1. The second-order valence-corrected chi connectivity index (χ2v) is 2.40. The number of ether oxygens (including phenoxy) is 1. The molecule has 1 heterocycles. The molecular weight excluding hydrogens is 162 g/mol. The predicted octanol–water partition coefficient (Wildman–Crippen LogP) is 2.43. The molecule has 0 amide bonds. The first-order chi connectivity index (χ1) is 6.42. The fourth-order valence-corrected chi connectivity index (χ4v) is 1.23. The zero-order valence-corrected chi connectivity index (χ0v) is 7.45. The maximum absolute atomic E-state index is 5.17. The number of benzene rings is 1. The van der Waals surface area contributed by atoms with Crippen LogP contribution in [0.25, 0.3) is 10.9 Å². The summed E-state index contributed by atoms with van der Waals surface area (Å²) < 4.78 is 5.17. The van der Waals surface area contributed by atoms with Crippen LogP contribution in [0.4, 0.5) is 0 Å². The van der Waals surface area contributed by atoms with Crippen molar-refractivity contribution in [3.8, 4) is 18.6 Å². The number of aromatic nitrogens is 1. The Kier molecular flexibility index (Phi) is 2.99. The zero-order chi connectivity index (χ0) is 9.68. The van der Waals surface area contributed by atoms with E-state index >= 15 is 0 Å². The normalized spacial score (nSPS) is 8.85. The Bertz CT molecular complexity index is 400. The Balaban J connectivity index is 0.000000396. The molecule has 1 N–H and O–H groups in total. The zero-order valence-electron chi connectivity index (χ0n) is 7.45. The number of methoxy groups -OCH3 is 1. The third kappa shape index (κ3) is 1.65. The highest BCUT2D eigenvalue weighted by Crippen LogP contribution is 2.23. The minimum Gasteiger partial charge on any atom is -0.496 e. The molecule has 0 unspecified atom stereocenters. The number of nitrogens with one attached hydrogen (secondary N) is 1. The molecule has 1 aromatic heterocycles. The van der Waals surface area contributed by atoms with E-state index in [1.807, 2.05) is 30.5 Å². The highest BCUT2D eigenvalue weighted by Gasteiger charge is 1.98. The summed E-state index contributed by atoms with van der Waals surface area (Å²) >= 11 is 0. The molecular formula is C11H11NO. The third-order valence-corrected chi connectivity index (χ3v) is 1.77. The number of fused-ring (bicyclic) bond motifs is 1. The van der Waals surface area contributed by atoms with Gasteiger partial charge in [-0.2, -0.15) is 0 Å². The van der Waals surface area contributed by atoms with Crippen LogP contribution in [0.3, 0.4) is 0 Å². The minimum absolute atomic E-state index is 0.920.